The highest BCUT2D eigenvalue weighted by atomic mass is 16.6. The maximum absolute atomic E-state index is 9.56. The van der Waals surface area contributed by atoms with Gasteiger partial charge in [0.05, 0.1) is 18.8 Å². The van der Waals surface area contributed by atoms with Gasteiger partial charge in [-0.3, -0.25) is 0 Å². The minimum absolute atomic E-state index is 0.362. The third-order valence-corrected chi connectivity index (χ3v) is 2.48. The fourth-order valence-electron chi connectivity index (χ4n) is 1.58. The summed E-state index contributed by atoms with van der Waals surface area (Å²) < 4.78 is 4.94. The molecule has 0 aliphatic carbocycles. The molecule has 1 aliphatic rings. The Bertz CT molecular complexity index is 163. The number of hydrogen-bond donors (Lipinski definition) is 4. The van der Waals surface area contributed by atoms with Crippen LogP contribution >= 0.6 is 0 Å². The second-order valence-corrected chi connectivity index (χ2v) is 3.30. The maximum Gasteiger partial charge on any atom is 0.181 e. The molecule has 0 radical (unpaired) electrons. The molecule has 1 fully saturated rings. The lowest BCUT2D eigenvalue weighted by atomic mass is 9.89. The summed E-state index contributed by atoms with van der Waals surface area (Å²) in [5.74, 6) is -0.728. The van der Waals surface area contributed by atoms with Crippen LogP contribution in [0.15, 0.2) is 0 Å². The Morgan fingerprint density at radius 2 is 1.77 bits per heavy atom. The average Bonchev–Trinajstić information content (AvgIpc) is 2.12. The third kappa shape index (κ3) is 2.00. The van der Waals surface area contributed by atoms with Gasteiger partial charge in [0.15, 0.2) is 6.29 Å². The quantitative estimate of drug-likeness (QED) is 0.425. The van der Waals surface area contributed by atoms with Gasteiger partial charge in [-0.2, -0.15) is 0 Å². The molecule has 5 nitrogen and oxygen atoms in total. The molecule has 0 aromatic heterocycles. The Morgan fingerprint density at radius 3 is 2.23 bits per heavy atom. The van der Waals surface area contributed by atoms with E-state index in [1.807, 2.05) is 0 Å². The van der Waals surface area contributed by atoms with E-state index in [4.69, 9.17) is 9.84 Å². The molecule has 0 amide bonds. The fourth-order valence-corrected chi connectivity index (χ4v) is 1.58. The van der Waals surface area contributed by atoms with Gasteiger partial charge in [-0.15, -0.1) is 0 Å². The van der Waals surface area contributed by atoms with Gasteiger partial charge in [0, 0.05) is 5.92 Å². The van der Waals surface area contributed by atoms with E-state index < -0.39 is 30.5 Å². The molecule has 5 atom stereocenters. The summed E-state index contributed by atoms with van der Waals surface area (Å²) in [6.45, 7) is 1.44. The van der Waals surface area contributed by atoms with Gasteiger partial charge in [0.1, 0.15) is 6.10 Å². The predicted molar refractivity (Wildman–Crippen MR) is 43.8 cm³/mol. The van der Waals surface area contributed by atoms with Crippen LogP contribution < -0.4 is 0 Å². The van der Waals surface area contributed by atoms with Crippen molar-refractivity contribution in [3.63, 3.8) is 0 Å². The van der Waals surface area contributed by atoms with E-state index in [1.54, 1.807) is 6.92 Å². The molecule has 1 heterocycles. The number of aliphatic hydroxyl groups excluding tert-OH is 4. The molecule has 4 N–H and O–H groups in total. The van der Waals surface area contributed by atoms with Gasteiger partial charge in [-0.05, 0) is 6.42 Å². The zero-order valence-electron chi connectivity index (χ0n) is 7.50. The smallest absolute Gasteiger partial charge is 0.181 e. The van der Waals surface area contributed by atoms with Gasteiger partial charge in [-0.25, -0.2) is 0 Å². The van der Waals surface area contributed by atoms with Gasteiger partial charge >= 0.3 is 0 Å². The third-order valence-electron chi connectivity index (χ3n) is 2.48. The van der Waals surface area contributed by atoms with Crippen molar-refractivity contribution in [2.75, 3.05) is 6.61 Å². The standard InChI is InChI=1S/C8H16O5/c1-2-5-6(10)4(3-9)7(11)8(12)13-5/h4-12H,2-3H2,1H3. The molecule has 0 saturated carbocycles. The SMILES string of the molecule is CCC1OC(O)C(O)C(CO)C1O. The highest BCUT2D eigenvalue weighted by Gasteiger charge is 2.42. The van der Waals surface area contributed by atoms with Crippen LogP contribution in [0, 0.1) is 5.92 Å². The summed E-state index contributed by atoms with van der Waals surface area (Å²) in [4.78, 5) is 0. The van der Waals surface area contributed by atoms with Crippen LogP contribution in [0.4, 0.5) is 0 Å². The molecule has 5 heteroatoms. The Kier molecular flexibility index (Phi) is 3.63. The monoisotopic (exact) mass is 192 g/mol. The normalized spacial score (nSPS) is 46.4. The molecule has 13 heavy (non-hydrogen) atoms. The van der Waals surface area contributed by atoms with Crippen molar-refractivity contribution in [3.8, 4) is 0 Å². The molecule has 78 valence electrons. The van der Waals surface area contributed by atoms with Gasteiger partial charge < -0.3 is 25.2 Å². The van der Waals surface area contributed by atoms with Crippen molar-refractivity contribution >= 4 is 0 Å². The van der Waals surface area contributed by atoms with Crippen molar-refractivity contribution in [2.24, 2.45) is 5.92 Å². The first kappa shape index (κ1) is 10.9. The van der Waals surface area contributed by atoms with Crippen LogP contribution in [-0.4, -0.2) is 51.6 Å². The molecule has 1 saturated heterocycles. The summed E-state index contributed by atoms with van der Waals surface area (Å²) in [7, 11) is 0. The largest absolute Gasteiger partial charge is 0.396 e. The Labute approximate surface area is 76.6 Å². The van der Waals surface area contributed by atoms with Crippen molar-refractivity contribution < 1.29 is 25.2 Å². The number of hydrogen-bond acceptors (Lipinski definition) is 5. The van der Waals surface area contributed by atoms with Crippen LogP contribution in [0.5, 0.6) is 0 Å². The summed E-state index contributed by atoms with van der Waals surface area (Å²) in [5.41, 5.74) is 0. The lowest BCUT2D eigenvalue weighted by Crippen LogP contribution is -2.55. The van der Waals surface area contributed by atoms with Crippen LogP contribution in [0.1, 0.15) is 13.3 Å². The summed E-state index contributed by atoms with van der Waals surface area (Å²) in [6.07, 6.45) is -3.45. The van der Waals surface area contributed by atoms with Crippen LogP contribution in [0.25, 0.3) is 0 Å². The van der Waals surface area contributed by atoms with Gasteiger partial charge in [-0.1, -0.05) is 6.92 Å². The number of aliphatic hydroxyl groups is 4. The summed E-state index contributed by atoms with van der Waals surface area (Å²) >= 11 is 0. The molecule has 0 aromatic carbocycles. The predicted octanol–water partition coefficient (Wildman–Crippen LogP) is -1.56. The number of ether oxygens (including phenoxy) is 1. The Balaban J connectivity index is 2.69. The molecule has 5 unspecified atom stereocenters. The van der Waals surface area contributed by atoms with E-state index in [1.165, 1.54) is 0 Å². The van der Waals surface area contributed by atoms with Crippen molar-refractivity contribution in [1.82, 2.24) is 0 Å². The Hall–Kier alpha value is -0.200. The molecule has 0 spiro atoms. The summed E-state index contributed by atoms with van der Waals surface area (Å²) in [5, 5.41) is 37.0. The molecular weight excluding hydrogens is 176 g/mol. The first-order valence-corrected chi connectivity index (χ1v) is 4.42. The Morgan fingerprint density at radius 1 is 1.15 bits per heavy atom. The minimum atomic E-state index is -1.31. The van der Waals surface area contributed by atoms with Crippen molar-refractivity contribution in [3.05, 3.63) is 0 Å². The maximum atomic E-state index is 9.56. The fraction of sp³-hybridized carbons (Fsp3) is 1.00. The average molecular weight is 192 g/mol. The summed E-state index contributed by atoms with van der Waals surface area (Å²) in [6, 6.07) is 0. The molecule has 1 aliphatic heterocycles. The lowest BCUT2D eigenvalue weighted by molar-refractivity contribution is -0.272. The second-order valence-electron chi connectivity index (χ2n) is 3.30. The number of rotatable bonds is 2. The minimum Gasteiger partial charge on any atom is -0.396 e. The molecule has 0 aromatic rings. The van der Waals surface area contributed by atoms with Crippen molar-refractivity contribution in [1.29, 1.82) is 0 Å². The zero-order valence-corrected chi connectivity index (χ0v) is 7.50. The van der Waals surface area contributed by atoms with E-state index in [2.05, 4.69) is 0 Å². The van der Waals surface area contributed by atoms with Crippen LogP contribution in [0.2, 0.25) is 0 Å². The zero-order chi connectivity index (χ0) is 10.0. The van der Waals surface area contributed by atoms with Crippen LogP contribution in [-0.2, 0) is 4.74 Å². The van der Waals surface area contributed by atoms with Crippen LogP contribution in [0.3, 0.4) is 0 Å². The first-order valence-electron chi connectivity index (χ1n) is 4.42. The van der Waals surface area contributed by atoms with E-state index in [-0.39, 0.29) is 6.61 Å². The van der Waals surface area contributed by atoms with E-state index >= 15 is 0 Å². The van der Waals surface area contributed by atoms with E-state index in [9.17, 15) is 15.3 Å². The molecule has 1 rings (SSSR count). The van der Waals surface area contributed by atoms with Gasteiger partial charge in [0.2, 0.25) is 0 Å². The highest BCUT2D eigenvalue weighted by molar-refractivity contribution is 4.87. The molecule has 0 bridgehead atoms. The van der Waals surface area contributed by atoms with Crippen molar-refractivity contribution in [2.45, 2.75) is 37.9 Å². The molecular formula is C8H16O5. The van der Waals surface area contributed by atoms with E-state index in [0.717, 1.165) is 0 Å². The highest BCUT2D eigenvalue weighted by Crippen LogP contribution is 2.26. The lowest BCUT2D eigenvalue weighted by Gasteiger charge is -2.39. The van der Waals surface area contributed by atoms with E-state index in [0.29, 0.717) is 6.42 Å². The topological polar surface area (TPSA) is 90.2 Å². The first-order chi connectivity index (χ1) is 6.11. The van der Waals surface area contributed by atoms with Gasteiger partial charge in [0.25, 0.3) is 0 Å². The second kappa shape index (κ2) is 4.34.